The van der Waals surface area contributed by atoms with Crippen LogP contribution in [0.1, 0.15) is 28.4 Å². The van der Waals surface area contributed by atoms with Gasteiger partial charge in [-0.1, -0.05) is 43.3 Å². The zero-order chi connectivity index (χ0) is 12.3. The predicted octanol–water partition coefficient (Wildman–Crippen LogP) is 3.06. The van der Waals surface area contributed by atoms with Crippen molar-refractivity contribution in [2.24, 2.45) is 0 Å². The van der Waals surface area contributed by atoms with Crippen molar-refractivity contribution in [3.05, 3.63) is 65.2 Å². The molecule has 2 N–H and O–H groups in total. The van der Waals surface area contributed by atoms with E-state index in [1.807, 2.05) is 36.4 Å². The summed E-state index contributed by atoms with van der Waals surface area (Å²) in [6, 6.07) is 14.8. The molecule has 0 spiro atoms. The summed E-state index contributed by atoms with van der Waals surface area (Å²) in [5.74, 6) is -0.0225. The topological polar surface area (TPSA) is 43.1 Å². The van der Waals surface area contributed by atoms with Crippen molar-refractivity contribution < 1.29 is 4.79 Å². The highest BCUT2D eigenvalue weighted by Gasteiger charge is 2.11. The number of anilines is 1. The van der Waals surface area contributed by atoms with E-state index < -0.39 is 0 Å². The number of hydrogen-bond acceptors (Lipinski definition) is 2. The van der Waals surface area contributed by atoms with Crippen LogP contribution >= 0.6 is 0 Å². The fourth-order valence-corrected chi connectivity index (χ4v) is 1.78. The third-order valence-corrected chi connectivity index (χ3v) is 2.80. The first-order chi connectivity index (χ1) is 8.22. The molecule has 0 aromatic heterocycles. The van der Waals surface area contributed by atoms with Gasteiger partial charge in [0.2, 0.25) is 0 Å². The van der Waals surface area contributed by atoms with Crippen molar-refractivity contribution >= 4 is 11.5 Å². The van der Waals surface area contributed by atoms with Crippen LogP contribution in [-0.4, -0.2) is 5.78 Å². The molecule has 0 saturated carbocycles. The molecule has 0 bridgehead atoms. The molecule has 0 atom stereocenters. The van der Waals surface area contributed by atoms with Crippen LogP contribution in [0.4, 0.5) is 5.69 Å². The predicted molar refractivity (Wildman–Crippen MR) is 70.1 cm³/mol. The first kappa shape index (κ1) is 11.4. The Morgan fingerprint density at radius 2 is 1.82 bits per heavy atom. The molecule has 2 nitrogen and oxygen atoms in total. The molecule has 0 unspecified atom stereocenters. The maximum Gasteiger partial charge on any atom is 0.195 e. The molecule has 0 aliphatic carbocycles. The van der Waals surface area contributed by atoms with Crippen LogP contribution in [0.5, 0.6) is 0 Å². The van der Waals surface area contributed by atoms with Crippen molar-refractivity contribution in [3.8, 4) is 0 Å². The van der Waals surface area contributed by atoms with Gasteiger partial charge in [0.15, 0.2) is 5.78 Å². The van der Waals surface area contributed by atoms with Crippen molar-refractivity contribution in [2.45, 2.75) is 13.3 Å². The maximum atomic E-state index is 12.2. The molecule has 0 radical (unpaired) electrons. The van der Waals surface area contributed by atoms with Crippen LogP contribution in [0.15, 0.2) is 48.5 Å². The lowest BCUT2D eigenvalue weighted by atomic mass is 9.99. The summed E-state index contributed by atoms with van der Waals surface area (Å²) in [6.45, 7) is 2.06. The van der Waals surface area contributed by atoms with E-state index in [9.17, 15) is 4.79 Å². The van der Waals surface area contributed by atoms with Gasteiger partial charge in [-0.05, 0) is 24.1 Å². The molecular weight excluding hydrogens is 210 g/mol. The third-order valence-electron chi connectivity index (χ3n) is 2.80. The normalized spacial score (nSPS) is 10.2. The molecule has 0 saturated heterocycles. The Hall–Kier alpha value is -2.09. The van der Waals surface area contributed by atoms with Gasteiger partial charge in [-0.15, -0.1) is 0 Å². The molecule has 2 heteroatoms. The van der Waals surface area contributed by atoms with Crippen molar-refractivity contribution in [2.75, 3.05) is 5.73 Å². The van der Waals surface area contributed by atoms with Gasteiger partial charge in [0.25, 0.3) is 0 Å². The zero-order valence-corrected chi connectivity index (χ0v) is 9.81. The highest BCUT2D eigenvalue weighted by molar-refractivity contribution is 6.12. The minimum atomic E-state index is -0.0225. The van der Waals surface area contributed by atoms with Gasteiger partial charge in [0, 0.05) is 16.8 Å². The summed E-state index contributed by atoms with van der Waals surface area (Å²) in [5.41, 5.74) is 8.86. The Morgan fingerprint density at radius 3 is 2.41 bits per heavy atom. The first-order valence-corrected chi connectivity index (χ1v) is 5.70. The number of benzene rings is 2. The average molecular weight is 225 g/mol. The van der Waals surface area contributed by atoms with Gasteiger partial charge < -0.3 is 5.73 Å². The maximum absolute atomic E-state index is 12.2. The molecule has 2 aromatic carbocycles. The fourth-order valence-electron chi connectivity index (χ4n) is 1.78. The van der Waals surface area contributed by atoms with Gasteiger partial charge in [-0.3, -0.25) is 4.79 Å². The summed E-state index contributed by atoms with van der Waals surface area (Å²) in [4.78, 5) is 12.2. The Labute approximate surface area is 101 Å². The molecule has 0 amide bonds. The average Bonchev–Trinajstić information content (AvgIpc) is 2.39. The Kier molecular flexibility index (Phi) is 3.24. The van der Waals surface area contributed by atoms with Gasteiger partial charge >= 0.3 is 0 Å². The lowest BCUT2D eigenvalue weighted by Gasteiger charge is -2.06. The second-order valence-electron chi connectivity index (χ2n) is 3.97. The molecule has 2 aromatic rings. The van der Waals surface area contributed by atoms with E-state index in [0.717, 1.165) is 12.0 Å². The van der Waals surface area contributed by atoms with Gasteiger partial charge in [-0.2, -0.15) is 0 Å². The third kappa shape index (κ3) is 2.36. The zero-order valence-electron chi connectivity index (χ0n) is 9.81. The van der Waals surface area contributed by atoms with Crippen LogP contribution in [0.3, 0.4) is 0 Å². The minimum Gasteiger partial charge on any atom is -0.398 e. The summed E-state index contributed by atoms with van der Waals surface area (Å²) < 4.78 is 0. The monoisotopic (exact) mass is 225 g/mol. The van der Waals surface area contributed by atoms with E-state index in [2.05, 4.69) is 6.92 Å². The van der Waals surface area contributed by atoms with Crippen molar-refractivity contribution in [3.63, 3.8) is 0 Å². The van der Waals surface area contributed by atoms with Gasteiger partial charge in [0.05, 0.1) is 0 Å². The van der Waals surface area contributed by atoms with E-state index in [0.29, 0.717) is 16.8 Å². The summed E-state index contributed by atoms with van der Waals surface area (Å²) >= 11 is 0. The number of nitrogen functional groups attached to an aromatic ring is 1. The van der Waals surface area contributed by atoms with Gasteiger partial charge in [0.1, 0.15) is 0 Å². The first-order valence-electron chi connectivity index (χ1n) is 5.70. The van der Waals surface area contributed by atoms with Crippen LogP contribution in [0.25, 0.3) is 0 Å². The molecule has 86 valence electrons. The summed E-state index contributed by atoms with van der Waals surface area (Å²) in [5, 5.41) is 0. The molecule has 0 aliphatic rings. The molecule has 2 rings (SSSR count). The largest absolute Gasteiger partial charge is 0.398 e. The second kappa shape index (κ2) is 4.83. The molecule has 17 heavy (non-hydrogen) atoms. The number of rotatable bonds is 3. The van der Waals surface area contributed by atoms with Crippen LogP contribution in [0.2, 0.25) is 0 Å². The Morgan fingerprint density at radius 1 is 1.12 bits per heavy atom. The van der Waals surface area contributed by atoms with Crippen LogP contribution in [-0.2, 0) is 6.42 Å². The lowest BCUT2D eigenvalue weighted by molar-refractivity contribution is 0.103. The number of carbonyl (C=O) groups excluding carboxylic acids is 1. The molecular formula is C15H15NO. The highest BCUT2D eigenvalue weighted by Crippen LogP contribution is 2.18. The number of carbonyl (C=O) groups is 1. The Balaban J connectivity index is 2.38. The van der Waals surface area contributed by atoms with E-state index in [1.165, 1.54) is 0 Å². The number of ketones is 1. The SMILES string of the molecule is CCc1ccc(C(=O)c2ccccc2)c(N)c1. The van der Waals surface area contributed by atoms with E-state index >= 15 is 0 Å². The summed E-state index contributed by atoms with van der Waals surface area (Å²) in [6.07, 6.45) is 0.921. The van der Waals surface area contributed by atoms with Crippen molar-refractivity contribution in [1.82, 2.24) is 0 Å². The van der Waals surface area contributed by atoms with E-state index in [1.54, 1.807) is 12.1 Å². The molecule has 0 fully saturated rings. The van der Waals surface area contributed by atoms with Crippen LogP contribution < -0.4 is 5.73 Å². The quantitative estimate of drug-likeness (QED) is 0.644. The lowest BCUT2D eigenvalue weighted by Crippen LogP contribution is -2.05. The summed E-state index contributed by atoms with van der Waals surface area (Å²) in [7, 11) is 0. The van der Waals surface area contributed by atoms with Gasteiger partial charge in [-0.25, -0.2) is 0 Å². The van der Waals surface area contributed by atoms with Crippen LogP contribution in [0, 0.1) is 0 Å². The minimum absolute atomic E-state index is 0.0225. The number of nitrogens with two attached hydrogens (primary N) is 1. The van der Waals surface area contributed by atoms with Crippen molar-refractivity contribution in [1.29, 1.82) is 0 Å². The Bertz CT molecular complexity index is 532. The fraction of sp³-hybridized carbons (Fsp3) is 0.133. The van der Waals surface area contributed by atoms with E-state index in [-0.39, 0.29) is 5.78 Å². The second-order valence-corrected chi connectivity index (χ2v) is 3.97. The smallest absolute Gasteiger partial charge is 0.195 e. The highest BCUT2D eigenvalue weighted by atomic mass is 16.1. The van der Waals surface area contributed by atoms with E-state index in [4.69, 9.17) is 5.73 Å². The standard InChI is InChI=1S/C15H15NO/c1-2-11-8-9-13(14(16)10-11)15(17)12-6-4-3-5-7-12/h3-10H,2,16H2,1H3. The molecule has 0 heterocycles. The number of hydrogen-bond donors (Lipinski definition) is 1. The molecule has 0 aliphatic heterocycles. The number of aryl methyl sites for hydroxylation is 1.